The van der Waals surface area contributed by atoms with Gasteiger partial charge in [-0.2, -0.15) is 5.26 Å². The predicted molar refractivity (Wildman–Crippen MR) is 81.7 cm³/mol. The summed E-state index contributed by atoms with van der Waals surface area (Å²) in [6.45, 7) is 2.25. The minimum Gasteiger partial charge on any atom is -0.325 e. The third kappa shape index (κ3) is 3.25. The number of hydrogen-bond donors (Lipinski definition) is 1. The van der Waals surface area contributed by atoms with Crippen LogP contribution in [0.15, 0.2) is 24.3 Å². The topological polar surface area (TPSA) is 56.1 Å². The molecule has 2 fully saturated rings. The number of rotatable bonds is 5. The first-order valence-electron chi connectivity index (χ1n) is 7.79. The van der Waals surface area contributed by atoms with E-state index in [-0.39, 0.29) is 5.91 Å². The Labute approximate surface area is 125 Å². The molecule has 1 heterocycles. The Morgan fingerprint density at radius 1 is 1.38 bits per heavy atom. The second-order valence-electron chi connectivity index (χ2n) is 6.14. The second-order valence-corrected chi connectivity index (χ2v) is 6.14. The van der Waals surface area contributed by atoms with Gasteiger partial charge in [0.15, 0.2) is 0 Å². The van der Waals surface area contributed by atoms with Crippen molar-refractivity contribution in [3.63, 3.8) is 0 Å². The number of nitriles is 1. The van der Waals surface area contributed by atoms with Crippen LogP contribution in [0.25, 0.3) is 0 Å². The molecule has 3 rings (SSSR count). The van der Waals surface area contributed by atoms with Crippen LogP contribution in [-0.4, -0.2) is 29.9 Å². The predicted octanol–water partition coefficient (Wildman–Crippen LogP) is 2.76. The molecule has 1 N–H and O–H groups in total. The van der Waals surface area contributed by atoms with E-state index < -0.39 is 0 Å². The van der Waals surface area contributed by atoms with Crippen molar-refractivity contribution in [3.8, 4) is 6.07 Å². The number of nitrogens with one attached hydrogen (secondary N) is 1. The number of para-hydroxylation sites is 1. The highest BCUT2D eigenvalue weighted by Crippen LogP contribution is 2.37. The van der Waals surface area contributed by atoms with Gasteiger partial charge in [-0.15, -0.1) is 0 Å². The van der Waals surface area contributed by atoms with Crippen LogP contribution in [0, 0.1) is 17.2 Å². The molecule has 2 unspecified atom stereocenters. The monoisotopic (exact) mass is 283 g/mol. The van der Waals surface area contributed by atoms with Crippen LogP contribution in [0.2, 0.25) is 0 Å². The van der Waals surface area contributed by atoms with Crippen LogP contribution in [0.4, 0.5) is 5.69 Å². The molecule has 1 saturated carbocycles. The van der Waals surface area contributed by atoms with Gasteiger partial charge in [-0.3, -0.25) is 4.79 Å². The lowest BCUT2D eigenvalue weighted by Gasteiger charge is -2.26. The molecule has 1 amide bonds. The summed E-state index contributed by atoms with van der Waals surface area (Å²) in [6.07, 6.45) is 5.51. The third-order valence-corrected chi connectivity index (χ3v) is 4.69. The largest absolute Gasteiger partial charge is 0.325 e. The molecule has 1 aliphatic heterocycles. The van der Waals surface area contributed by atoms with Crippen LogP contribution < -0.4 is 5.32 Å². The summed E-state index contributed by atoms with van der Waals surface area (Å²) >= 11 is 0. The summed E-state index contributed by atoms with van der Waals surface area (Å²) in [5, 5.41) is 11.8. The fourth-order valence-corrected chi connectivity index (χ4v) is 3.65. The van der Waals surface area contributed by atoms with E-state index in [1.807, 2.05) is 6.07 Å². The quantitative estimate of drug-likeness (QED) is 0.904. The highest BCUT2D eigenvalue weighted by molar-refractivity contribution is 5.92. The molecule has 4 heteroatoms. The fourth-order valence-electron chi connectivity index (χ4n) is 3.65. The summed E-state index contributed by atoms with van der Waals surface area (Å²) in [7, 11) is 0. The van der Waals surface area contributed by atoms with Crippen molar-refractivity contribution >= 4 is 11.6 Å². The maximum atomic E-state index is 12.0. The molecule has 2 aliphatic rings. The fraction of sp³-hybridized carbons (Fsp3) is 0.529. The van der Waals surface area contributed by atoms with Gasteiger partial charge < -0.3 is 10.2 Å². The molecule has 2 atom stereocenters. The summed E-state index contributed by atoms with van der Waals surface area (Å²) in [6, 6.07) is 10.00. The van der Waals surface area contributed by atoms with Gasteiger partial charge in [0.25, 0.3) is 0 Å². The van der Waals surface area contributed by atoms with Crippen molar-refractivity contribution in [3.05, 3.63) is 29.8 Å². The van der Waals surface area contributed by atoms with Gasteiger partial charge >= 0.3 is 0 Å². The summed E-state index contributed by atoms with van der Waals surface area (Å²) in [5.74, 6) is 0.911. The number of likely N-dealkylation sites (tertiary alicyclic amines) is 1. The third-order valence-electron chi connectivity index (χ3n) is 4.69. The number of amides is 1. The van der Waals surface area contributed by atoms with Gasteiger partial charge in [-0.05, 0) is 50.3 Å². The van der Waals surface area contributed by atoms with Crippen LogP contribution in [0.5, 0.6) is 0 Å². The zero-order valence-electron chi connectivity index (χ0n) is 12.2. The first-order valence-corrected chi connectivity index (χ1v) is 7.79. The summed E-state index contributed by atoms with van der Waals surface area (Å²) < 4.78 is 0. The minimum absolute atomic E-state index is 0.00190. The summed E-state index contributed by atoms with van der Waals surface area (Å²) in [4.78, 5) is 14.5. The molecule has 21 heavy (non-hydrogen) atoms. The normalized spacial score (nSPS) is 24.0. The lowest BCUT2D eigenvalue weighted by molar-refractivity contribution is -0.116. The first kappa shape index (κ1) is 14.1. The zero-order valence-corrected chi connectivity index (χ0v) is 12.2. The van der Waals surface area contributed by atoms with Gasteiger partial charge in [0, 0.05) is 19.0 Å². The van der Waals surface area contributed by atoms with E-state index in [1.54, 1.807) is 18.2 Å². The number of piperidine rings is 1. The highest BCUT2D eigenvalue weighted by Gasteiger charge is 2.37. The number of anilines is 1. The maximum absolute atomic E-state index is 12.0. The first-order chi connectivity index (χ1) is 10.3. The molecule has 110 valence electrons. The molecular formula is C17H21N3O. The van der Waals surface area contributed by atoms with Gasteiger partial charge in [0.1, 0.15) is 6.07 Å². The SMILES string of the molecule is N#Cc1ccccc1NC(=O)CCCN1CC2CCC1C2. The van der Waals surface area contributed by atoms with E-state index in [9.17, 15) is 4.79 Å². The van der Waals surface area contributed by atoms with Crippen LogP contribution in [-0.2, 0) is 4.79 Å². The lowest BCUT2D eigenvalue weighted by Crippen LogP contribution is -2.33. The van der Waals surface area contributed by atoms with Crippen molar-refractivity contribution in [2.24, 2.45) is 5.92 Å². The lowest BCUT2D eigenvalue weighted by atomic mass is 10.1. The average molecular weight is 283 g/mol. The van der Waals surface area contributed by atoms with Crippen molar-refractivity contribution < 1.29 is 4.79 Å². The maximum Gasteiger partial charge on any atom is 0.224 e. The number of fused-ring (bicyclic) bond motifs is 2. The van der Waals surface area contributed by atoms with E-state index in [0.29, 0.717) is 17.7 Å². The molecule has 0 aromatic heterocycles. The number of carbonyl (C=O) groups is 1. The van der Waals surface area contributed by atoms with E-state index >= 15 is 0 Å². The number of nitrogens with zero attached hydrogens (tertiary/aromatic N) is 2. The Kier molecular flexibility index (Phi) is 4.21. The summed E-state index contributed by atoms with van der Waals surface area (Å²) in [5.41, 5.74) is 1.13. The minimum atomic E-state index is 0.00190. The Morgan fingerprint density at radius 2 is 2.24 bits per heavy atom. The van der Waals surface area contributed by atoms with E-state index in [1.165, 1.54) is 25.8 Å². The molecule has 1 aromatic carbocycles. The number of carbonyl (C=O) groups excluding carboxylic acids is 1. The van der Waals surface area contributed by atoms with Gasteiger partial charge in [0.05, 0.1) is 11.3 Å². The average Bonchev–Trinajstić information content (AvgIpc) is 3.10. The van der Waals surface area contributed by atoms with Crippen LogP contribution >= 0.6 is 0 Å². The molecule has 4 nitrogen and oxygen atoms in total. The number of benzene rings is 1. The molecule has 1 saturated heterocycles. The van der Waals surface area contributed by atoms with Crippen molar-refractivity contribution in [2.45, 2.75) is 38.1 Å². The molecule has 1 aromatic rings. The van der Waals surface area contributed by atoms with Crippen molar-refractivity contribution in [1.29, 1.82) is 5.26 Å². The Bertz CT molecular complexity index is 563. The molecular weight excluding hydrogens is 262 g/mol. The van der Waals surface area contributed by atoms with E-state index in [0.717, 1.165) is 24.9 Å². The van der Waals surface area contributed by atoms with Gasteiger partial charge in [-0.1, -0.05) is 12.1 Å². The Morgan fingerprint density at radius 3 is 2.95 bits per heavy atom. The zero-order chi connectivity index (χ0) is 14.7. The molecule has 0 radical (unpaired) electrons. The molecule has 1 aliphatic carbocycles. The number of hydrogen-bond acceptors (Lipinski definition) is 3. The van der Waals surface area contributed by atoms with Crippen LogP contribution in [0.3, 0.4) is 0 Å². The Hall–Kier alpha value is -1.86. The van der Waals surface area contributed by atoms with Crippen molar-refractivity contribution in [1.82, 2.24) is 4.90 Å². The van der Waals surface area contributed by atoms with E-state index in [2.05, 4.69) is 16.3 Å². The standard InChI is InChI=1S/C17H21N3O/c18-11-14-4-1-2-5-16(14)19-17(21)6-3-9-20-12-13-7-8-15(20)10-13/h1-2,4-5,13,15H,3,6-10,12H2,(H,19,21). The smallest absolute Gasteiger partial charge is 0.224 e. The second kappa shape index (κ2) is 6.28. The highest BCUT2D eigenvalue weighted by atomic mass is 16.1. The molecule has 0 spiro atoms. The molecule has 2 bridgehead atoms. The van der Waals surface area contributed by atoms with Crippen molar-refractivity contribution in [2.75, 3.05) is 18.4 Å². The van der Waals surface area contributed by atoms with E-state index in [4.69, 9.17) is 5.26 Å². The Balaban J connectivity index is 1.43. The van der Waals surface area contributed by atoms with Crippen LogP contribution in [0.1, 0.15) is 37.7 Å². The van der Waals surface area contributed by atoms with Gasteiger partial charge in [-0.25, -0.2) is 0 Å². The van der Waals surface area contributed by atoms with Gasteiger partial charge in [0.2, 0.25) is 5.91 Å².